The Morgan fingerprint density at radius 3 is 2.55 bits per heavy atom. The minimum absolute atomic E-state index is 0.168. The number of unbranched alkanes of at least 4 members (excludes halogenated alkanes) is 1. The number of nitrogens with zero attached hydrogens (tertiary/aromatic N) is 2. The molecule has 1 rings (SSSR count). The Bertz CT molecular complexity index is 550. The van der Waals surface area contributed by atoms with Gasteiger partial charge in [-0.3, -0.25) is 10.1 Å². The second-order valence-electron chi connectivity index (χ2n) is 4.06. The van der Waals surface area contributed by atoms with Gasteiger partial charge in [-0.1, -0.05) is 13.3 Å². The van der Waals surface area contributed by atoms with Crippen molar-refractivity contribution in [1.29, 1.82) is 5.26 Å². The molecule has 0 fully saturated rings. The standard InChI is InChI=1S/C12H12F3N3O2/c1-2-3-4-17-11-8(7-16)5-9(12(13,14)15)6-10(11)18(19)20/h5-6,17H,2-4H2,1H3. The normalized spacial score (nSPS) is 10.9. The van der Waals surface area contributed by atoms with Crippen molar-refractivity contribution >= 4 is 11.4 Å². The molecule has 0 saturated carbocycles. The number of benzene rings is 1. The molecule has 5 nitrogen and oxygen atoms in total. The Morgan fingerprint density at radius 2 is 2.10 bits per heavy atom. The summed E-state index contributed by atoms with van der Waals surface area (Å²) in [6.45, 7) is 2.24. The van der Waals surface area contributed by atoms with Gasteiger partial charge in [0.1, 0.15) is 11.8 Å². The Kier molecular flexibility index (Phi) is 4.91. The predicted molar refractivity (Wildman–Crippen MR) is 66.2 cm³/mol. The Morgan fingerprint density at radius 1 is 1.45 bits per heavy atom. The van der Waals surface area contributed by atoms with Crippen molar-refractivity contribution < 1.29 is 18.1 Å². The molecule has 1 N–H and O–H groups in total. The minimum atomic E-state index is -4.74. The van der Waals surface area contributed by atoms with E-state index in [1.54, 1.807) is 6.07 Å². The second kappa shape index (κ2) is 6.23. The Labute approximate surface area is 113 Å². The predicted octanol–water partition coefficient (Wildman–Crippen LogP) is 3.70. The lowest BCUT2D eigenvalue weighted by Gasteiger charge is -2.12. The van der Waals surface area contributed by atoms with Crippen LogP contribution in [0.1, 0.15) is 30.9 Å². The first-order chi connectivity index (χ1) is 9.31. The first-order valence-corrected chi connectivity index (χ1v) is 5.84. The highest BCUT2D eigenvalue weighted by molar-refractivity contribution is 5.71. The van der Waals surface area contributed by atoms with E-state index in [0.29, 0.717) is 25.1 Å². The number of nitro groups is 1. The molecule has 0 bridgehead atoms. The summed E-state index contributed by atoms with van der Waals surface area (Å²) in [6, 6.07) is 2.62. The average Bonchev–Trinajstić information content (AvgIpc) is 2.37. The van der Waals surface area contributed by atoms with Gasteiger partial charge in [-0.15, -0.1) is 0 Å². The molecule has 1 aromatic rings. The monoisotopic (exact) mass is 287 g/mol. The van der Waals surface area contributed by atoms with Gasteiger partial charge in [0, 0.05) is 12.6 Å². The van der Waals surface area contributed by atoms with Gasteiger partial charge in [0.15, 0.2) is 0 Å². The Balaban J connectivity index is 3.34. The van der Waals surface area contributed by atoms with E-state index >= 15 is 0 Å². The van der Waals surface area contributed by atoms with E-state index in [1.165, 1.54) is 0 Å². The van der Waals surface area contributed by atoms with Gasteiger partial charge in [-0.2, -0.15) is 18.4 Å². The average molecular weight is 287 g/mol. The molecule has 0 aliphatic heterocycles. The number of anilines is 1. The van der Waals surface area contributed by atoms with E-state index in [9.17, 15) is 23.3 Å². The first kappa shape index (κ1) is 15.8. The molecule has 0 radical (unpaired) electrons. The van der Waals surface area contributed by atoms with Crippen LogP contribution in [0.3, 0.4) is 0 Å². The summed E-state index contributed by atoms with van der Waals surface area (Å²) < 4.78 is 37.9. The van der Waals surface area contributed by atoms with Crippen molar-refractivity contribution in [1.82, 2.24) is 0 Å². The molecule has 0 aliphatic rings. The number of rotatable bonds is 5. The summed E-state index contributed by atoms with van der Waals surface area (Å²) in [4.78, 5) is 9.96. The maximum atomic E-state index is 12.6. The molecule has 108 valence electrons. The topological polar surface area (TPSA) is 79.0 Å². The molecule has 0 atom stereocenters. The van der Waals surface area contributed by atoms with E-state index in [2.05, 4.69) is 5.32 Å². The third-order valence-electron chi connectivity index (χ3n) is 2.59. The van der Waals surface area contributed by atoms with Crippen LogP contribution in [0.2, 0.25) is 0 Å². The third kappa shape index (κ3) is 3.60. The molecule has 0 unspecified atom stereocenters. The van der Waals surface area contributed by atoms with Crippen LogP contribution in [0, 0.1) is 21.4 Å². The quantitative estimate of drug-likeness (QED) is 0.508. The third-order valence-corrected chi connectivity index (χ3v) is 2.59. The largest absolute Gasteiger partial charge is 0.416 e. The van der Waals surface area contributed by atoms with E-state index in [-0.39, 0.29) is 11.3 Å². The number of nitriles is 1. The summed E-state index contributed by atoms with van der Waals surface area (Å²) in [6.07, 6.45) is -3.25. The molecule has 0 heterocycles. The highest BCUT2D eigenvalue weighted by Crippen LogP contribution is 2.37. The van der Waals surface area contributed by atoms with Crippen LogP contribution in [-0.2, 0) is 6.18 Å². The molecule has 0 aromatic heterocycles. The maximum absolute atomic E-state index is 12.6. The molecular formula is C12H12F3N3O2. The van der Waals surface area contributed by atoms with Crippen LogP contribution in [-0.4, -0.2) is 11.5 Å². The lowest BCUT2D eigenvalue weighted by Crippen LogP contribution is -2.10. The van der Waals surface area contributed by atoms with Gasteiger partial charge in [-0.25, -0.2) is 0 Å². The molecular weight excluding hydrogens is 275 g/mol. The number of hydrogen-bond donors (Lipinski definition) is 1. The highest BCUT2D eigenvalue weighted by atomic mass is 19.4. The fourth-order valence-corrected chi connectivity index (χ4v) is 1.60. The maximum Gasteiger partial charge on any atom is 0.416 e. The number of halogens is 3. The zero-order chi connectivity index (χ0) is 15.3. The molecule has 0 amide bonds. The van der Waals surface area contributed by atoms with Crippen LogP contribution in [0.15, 0.2) is 12.1 Å². The van der Waals surface area contributed by atoms with Crippen molar-refractivity contribution in [2.75, 3.05) is 11.9 Å². The Hall–Kier alpha value is -2.30. The van der Waals surface area contributed by atoms with Crippen LogP contribution in [0.5, 0.6) is 0 Å². The summed E-state index contributed by atoms with van der Waals surface area (Å²) in [7, 11) is 0. The molecule has 1 aromatic carbocycles. The number of nitro benzene ring substituents is 1. The van der Waals surface area contributed by atoms with Crippen LogP contribution in [0.25, 0.3) is 0 Å². The summed E-state index contributed by atoms with van der Waals surface area (Å²) in [5, 5.41) is 22.4. The number of alkyl halides is 3. The van der Waals surface area contributed by atoms with Gasteiger partial charge in [0.2, 0.25) is 0 Å². The van der Waals surface area contributed by atoms with Crippen molar-refractivity contribution in [3.05, 3.63) is 33.4 Å². The van der Waals surface area contributed by atoms with E-state index in [0.717, 1.165) is 6.42 Å². The van der Waals surface area contributed by atoms with Gasteiger partial charge in [0.25, 0.3) is 5.69 Å². The SMILES string of the molecule is CCCCNc1c(C#N)cc(C(F)(F)F)cc1[N+](=O)[O-]. The lowest BCUT2D eigenvalue weighted by atomic mass is 10.1. The minimum Gasteiger partial charge on any atom is -0.378 e. The second-order valence-corrected chi connectivity index (χ2v) is 4.06. The molecule has 0 saturated heterocycles. The molecule has 20 heavy (non-hydrogen) atoms. The van der Waals surface area contributed by atoms with Gasteiger partial charge < -0.3 is 5.32 Å². The van der Waals surface area contributed by atoms with Gasteiger partial charge in [-0.05, 0) is 12.5 Å². The molecule has 0 aliphatic carbocycles. The van der Waals surface area contributed by atoms with Crippen molar-refractivity contribution in [2.45, 2.75) is 25.9 Å². The zero-order valence-electron chi connectivity index (χ0n) is 10.6. The zero-order valence-corrected chi connectivity index (χ0v) is 10.6. The van der Waals surface area contributed by atoms with E-state index in [4.69, 9.17) is 5.26 Å². The molecule has 8 heteroatoms. The number of nitrogens with one attached hydrogen (secondary N) is 1. The fourth-order valence-electron chi connectivity index (χ4n) is 1.60. The first-order valence-electron chi connectivity index (χ1n) is 5.84. The van der Waals surface area contributed by atoms with E-state index < -0.39 is 22.4 Å². The van der Waals surface area contributed by atoms with Gasteiger partial charge in [0.05, 0.1) is 16.1 Å². The highest BCUT2D eigenvalue weighted by Gasteiger charge is 2.34. The summed E-state index contributed by atoms with van der Waals surface area (Å²) >= 11 is 0. The smallest absolute Gasteiger partial charge is 0.378 e. The van der Waals surface area contributed by atoms with Gasteiger partial charge >= 0.3 is 6.18 Å². The van der Waals surface area contributed by atoms with Crippen molar-refractivity contribution in [3.63, 3.8) is 0 Å². The van der Waals surface area contributed by atoms with Crippen LogP contribution in [0.4, 0.5) is 24.5 Å². The van der Waals surface area contributed by atoms with E-state index in [1.807, 2.05) is 6.92 Å². The van der Waals surface area contributed by atoms with Crippen molar-refractivity contribution in [3.8, 4) is 6.07 Å². The van der Waals surface area contributed by atoms with Crippen molar-refractivity contribution in [2.24, 2.45) is 0 Å². The summed E-state index contributed by atoms with van der Waals surface area (Å²) in [5.74, 6) is 0. The lowest BCUT2D eigenvalue weighted by molar-refractivity contribution is -0.384. The van der Waals surface area contributed by atoms with Crippen LogP contribution >= 0.6 is 0 Å². The number of hydrogen-bond acceptors (Lipinski definition) is 4. The van der Waals surface area contributed by atoms with Crippen LogP contribution < -0.4 is 5.32 Å². The summed E-state index contributed by atoms with van der Waals surface area (Å²) in [5.41, 5.74) is -2.50. The molecule has 0 spiro atoms. The fraction of sp³-hybridized carbons (Fsp3) is 0.417.